The van der Waals surface area contributed by atoms with Crippen LogP contribution >= 0.6 is 11.6 Å². The summed E-state index contributed by atoms with van der Waals surface area (Å²) in [5, 5.41) is 9.57. The second-order valence-electron chi connectivity index (χ2n) is 5.06. The van der Waals surface area contributed by atoms with Gasteiger partial charge >= 0.3 is 5.97 Å². The summed E-state index contributed by atoms with van der Waals surface area (Å²) in [5.74, 6) is -1.35. The third-order valence-corrected chi connectivity index (χ3v) is 3.88. The van der Waals surface area contributed by atoms with Gasteiger partial charge in [0.1, 0.15) is 6.54 Å². The monoisotopic (exact) mass is 323 g/mol. The van der Waals surface area contributed by atoms with Gasteiger partial charge in [-0.3, -0.25) is 9.59 Å². The van der Waals surface area contributed by atoms with Crippen molar-refractivity contribution in [3.8, 4) is 0 Å². The minimum atomic E-state index is -1.02. The van der Waals surface area contributed by atoms with Crippen molar-refractivity contribution in [1.82, 2.24) is 4.90 Å². The number of carboxylic acids is 1. The van der Waals surface area contributed by atoms with Crippen LogP contribution in [-0.2, 0) is 14.3 Å². The fourth-order valence-corrected chi connectivity index (χ4v) is 2.60. The van der Waals surface area contributed by atoms with Crippen molar-refractivity contribution >= 4 is 29.6 Å². The molecule has 0 aromatic heterocycles. The molecule has 1 saturated heterocycles. The fraction of sp³-hybridized carbons (Fsp3) is 0.375. The number of carbonyl (C=O) groups is 2. The van der Waals surface area contributed by atoms with Crippen LogP contribution in [0.3, 0.4) is 0 Å². The van der Waals surface area contributed by atoms with E-state index in [-0.39, 0.29) is 18.5 Å². The Kier molecular flexibility index (Phi) is 5.98. The molecule has 6 heteroatoms. The van der Waals surface area contributed by atoms with E-state index in [1.165, 1.54) is 11.0 Å². The Labute approximate surface area is 134 Å². The molecule has 1 fully saturated rings. The molecule has 0 spiro atoms. The Morgan fingerprint density at radius 2 is 2.00 bits per heavy atom. The summed E-state index contributed by atoms with van der Waals surface area (Å²) in [5.41, 5.74) is 0.722. The van der Waals surface area contributed by atoms with Gasteiger partial charge in [0.2, 0.25) is 5.91 Å². The largest absolute Gasteiger partial charge is 0.480 e. The number of nitrogens with zero attached hydrogens (tertiary/aromatic N) is 1. The predicted octanol–water partition coefficient (Wildman–Crippen LogP) is 2.45. The molecule has 1 heterocycles. The number of benzene rings is 1. The molecular weight excluding hydrogens is 306 g/mol. The van der Waals surface area contributed by atoms with E-state index < -0.39 is 5.97 Å². The van der Waals surface area contributed by atoms with Gasteiger partial charge in [0.15, 0.2) is 0 Å². The van der Waals surface area contributed by atoms with Crippen LogP contribution in [-0.4, -0.2) is 47.7 Å². The van der Waals surface area contributed by atoms with Gasteiger partial charge in [-0.15, -0.1) is 0 Å². The van der Waals surface area contributed by atoms with Crippen LogP contribution in [0.5, 0.6) is 0 Å². The molecule has 0 unspecified atom stereocenters. The van der Waals surface area contributed by atoms with E-state index >= 15 is 0 Å². The third kappa shape index (κ3) is 4.58. The minimum absolute atomic E-state index is 0.103. The second kappa shape index (κ2) is 7.96. The maximum atomic E-state index is 12.4. The lowest BCUT2D eigenvalue weighted by atomic mass is 10.1. The van der Waals surface area contributed by atoms with Crippen LogP contribution in [0.4, 0.5) is 0 Å². The summed E-state index contributed by atoms with van der Waals surface area (Å²) in [6.07, 6.45) is 4.29. The fourth-order valence-electron chi connectivity index (χ4n) is 2.40. The highest BCUT2D eigenvalue weighted by Crippen LogP contribution is 2.18. The molecule has 0 atom stereocenters. The van der Waals surface area contributed by atoms with Gasteiger partial charge in [0, 0.05) is 30.4 Å². The SMILES string of the molecule is O=C(O)CN(C(=O)C=Cc1ccccc1Cl)C1CCOCC1. The maximum Gasteiger partial charge on any atom is 0.323 e. The Morgan fingerprint density at radius 1 is 1.32 bits per heavy atom. The highest BCUT2D eigenvalue weighted by atomic mass is 35.5. The van der Waals surface area contributed by atoms with Crippen LogP contribution in [0.15, 0.2) is 30.3 Å². The van der Waals surface area contributed by atoms with E-state index in [1.807, 2.05) is 6.07 Å². The lowest BCUT2D eigenvalue weighted by molar-refractivity contribution is -0.145. The lowest BCUT2D eigenvalue weighted by Crippen LogP contribution is -2.45. The Hall–Kier alpha value is -1.85. The number of carbonyl (C=O) groups excluding carboxylic acids is 1. The van der Waals surface area contributed by atoms with Crippen molar-refractivity contribution in [3.05, 3.63) is 40.9 Å². The molecule has 22 heavy (non-hydrogen) atoms. The Morgan fingerprint density at radius 3 is 2.64 bits per heavy atom. The molecular formula is C16H18ClNO4. The number of rotatable bonds is 5. The summed E-state index contributed by atoms with van der Waals surface area (Å²) in [7, 11) is 0. The molecule has 1 N–H and O–H groups in total. The number of aliphatic carboxylic acids is 1. The first-order chi connectivity index (χ1) is 10.6. The van der Waals surface area contributed by atoms with Gasteiger partial charge in [0.05, 0.1) is 0 Å². The van der Waals surface area contributed by atoms with Gasteiger partial charge < -0.3 is 14.7 Å². The van der Waals surface area contributed by atoms with Crippen molar-refractivity contribution in [2.45, 2.75) is 18.9 Å². The molecule has 0 radical (unpaired) electrons. The lowest BCUT2D eigenvalue weighted by Gasteiger charge is -2.32. The first-order valence-corrected chi connectivity index (χ1v) is 7.48. The standard InChI is InChI=1S/C16H18ClNO4/c17-14-4-2-1-3-12(14)5-6-15(19)18(11-16(20)21)13-7-9-22-10-8-13/h1-6,13H,7-11H2,(H,20,21). The van der Waals surface area contributed by atoms with Gasteiger partial charge in [-0.25, -0.2) is 0 Å². The molecule has 1 amide bonds. The van der Waals surface area contributed by atoms with E-state index in [9.17, 15) is 9.59 Å². The molecule has 2 rings (SSSR count). The molecule has 0 saturated carbocycles. The number of hydrogen-bond donors (Lipinski definition) is 1. The molecule has 5 nitrogen and oxygen atoms in total. The highest BCUT2D eigenvalue weighted by molar-refractivity contribution is 6.32. The first-order valence-electron chi connectivity index (χ1n) is 7.10. The summed E-state index contributed by atoms with van der Waals surface area (Å²) in [4.78, 5) is 24.8. The summed E-state index contributed by atoms with van der Waals surface area (Å²) < 4.78 is 5.26. The van der Waals surface area contributed by atoms with Crippen LogP contribution in [0.1, 0.15) is 18.4 Å². The van der Waals surface area contributed by atoms with E-state index in [0.717, 1.165) is 5.56 Å². The highest BCUT2D eigenvalue weighted by Gasteiger charge is 2.26. The van der Waals surface area contributed by atoms with Crippen LogP contribution in [0.25, 0.3) is 6.08 Å². The van der Waals surface area contributed by atoms with E-state index in [1.54, 1.807) is 24.3 Å². The average molecular weight is 324 g/mol. The zero-order chi connectivity index (χ0) is 15.9. The molecule has 1 aliphatic heterocycles. The van der Waals surface area contributed by atoms with Crippen LogP contribution < -0.4 is 0 Å². The topological polar surface area (TPSA) is 66.8 Å². The van der Waals surface area contributed by atoms with Crippen molar-refractivity contribution < 1.29 is 19.4 Å². The van der Waals surface area contributed by atoms with Crippen LogP contribution in [0, 0.1) is 0 Å². The Balaban J connectivity index is 2.11. The predicted molar refractivity (Wildman–Crippen MR) is 83.7 cm³/mol. The molecule has 0 aliphatic carbocycles. The first kappa shape index (κ1) is 16.5. The molecule has 1 aliphatic rings. The smallest absolute Gasteiger partial charge is 0.323 e. The van der Waals surface area contributed by atoms with Crippen molar-refractivity contribution in [1.29, 1.82) is 0 Å². The molecule has 0 bridgehead atoms. The molecule has 118 valence electrons. The van der Waals surface area contributed by atoms with Crippen LogP contribution in [0.2, 0.25) is 5.02 Å². The number of carboxylic acid groups (broad SMARTS) is 1. The quantitative estimate of drug-likeness (QED) is 0.845. The number of amides is 1. The zero-order valence-corrected chi connectivity index (χ0v) is 12.8. The summed E-state index contributed by atoms with van der Waals surface area (Å²) in [6.45, 7) is 0.779. The van der Waals surface area contributed by atoms with E-state index in [2.05, 4.69) is 0 Å². The van der Waals surface area contributed by atoms with E-state index in [4.69, 9.17) is 21.4 Å². The third-order valence-electron chi connectivity index (χ3n) is 3.53. The zero-order valence-electron chi connectivity index (χ0n) is 12.1. The molecule has 1 aromatic carbocycles. The van der Waals surface area contributed by atoms with E-state index in [0.29, 0.717) is 31.1 Å². The average Bonchev–Trinajstić information content (AvgIpc) is 2.52. The van der Waals surface area contributed by atoms with Crippen molar-refractivity contribution in [3.63, 3.8) is 0 Å². The maximum absolute atomic E-state index is 12.4. The number of halogens is 1. The number of ether oxygens (including phenoxy) is 1. The van der Waals surface area contributed by atoms with Crippen molar-refractivity contribution in [2.75, 3.05) is 19.8 Å². The van der Waals surface area contributed by atoms with Gasteiger partial charge in [-0.1, -0.05) is 29.8 Å². The normalized spacial score (nSPS) is 15.9. The number of hydrogen-bond acceptors (Lipinski definition) is 3. The Bertz CT molecular complexity index is 567. The van der Waals surface area contributed by atoms with Gasteiger partial charge in [-0.05, 0) is 30.5 Å². The summed E-state index contributed by atoms with van der Waals surface area (Å²) >= 11 is 6.03. The van der Waals surface area contributed by atoms with Crippen molar-refractivity contribution in [2.24, 2.45) is 0 Å². The molecule has 1 aromatic rings. The second-order valence-corrected chi connectivity index (χ2v) is 5.47. The minimum Gasteiger partial charge on any atom is -0.480 e. The summed E-state index contributed by atoms with van der Waals surface area (Å²) in [6, 6.07) is 7.05. The van der Waals surface area contributed by atoms with Gasteiger partial charge in [0.25, 0.3) is 0 Å². The van der Waals surface area contributed by atoms with Gasteiger partial charge in [-0.2, -0.15) is 0 Å².